The highest BCUT2D eigenvalue weighted by molar-refractivity contribution is 14.1. The summed E-state index contributed by atoms with van der Waals surface area (Å²) >= 11 is 1.94. The van der Waals surface area contributed by atoms with Gasteiger partial charge in [0, 0.05) is 6.07 Å². The minimum atomic E-state index is -0.282. The number of benzene rings is 2. The molecule has 2 N–H and O–H groups in total. The van der Waals surface area contributed by atoms with E-state index in [0.29, 0.717) is 20.6 Å². The van der Waals surface area contributed by atoms with Crippen molar-refractivity contribution in [1.82, 2.24) is 9.55 Å². The fourth-order valence-corrected chi connectivity index (χ4v) is 2.80. The predicted octanol–water partition coefficient (Wildman–Crippen LogP) is 3.67. The summed E-state index contributed by atoms with van der Waals surface area (Å²) < 4.78 is 21.3. The van der Waals surface area contributed by atoms with Crippen molar-refractivity contribution in [3.8, 4) is 11.4 Å². The van der Waals surface area contributed by atoms with Gasteiger partial charge < -0.3 is 10.5 Å². The maximum absolute atomic E-state index is 13.9. The van der Waals surface area contributed by atoms with Gasteiger partial charge in [0.1, 0.15) is 11.6 Å². The number of imidazole rings is 1. The quantitative estimate of drug-likeness (QED) is 0.672. The van der Waals surface area contributed by atoms with Gasteiger partial charge in [-0.05, 0) is 59.3 Å². The summed E-state index contributed by atoms with van der Waals surface area (Å²) in [6, 6.07) is 8.79. The summed E-state index contributed by atoms with van der Waals surface area (Å²) in [4.78, 5) is 4.31. The molecule has 3 rings (SSSR count). The van der Waals surface area contributed by atoms with E-state index in [1.807, 2.05) is 47.7 Å². The molecular formula is C15H13FIN3O. The highest BCUT2D eigenvalue weighted by Crippen LogP contribution is 2.29. The van der Waals surface area contributed by atoms with E-state index in [9.17, 15) is 4.39 Å². The van der Waals surface area contributed by atoms with Crippen molar-refractivity contribution in [1.29, 1.82) is 0 Å². The van der Waals surface area contributed by atoms with Gasteiger partial charge in [0.25, 0.3) is 0 Å². The zero-order chi connectivity index (χ0) is 15.1. The van der Waals surface area contributed by atoms with Gasteiger partial charge in [0.05, 0.1) is 27.4 Å². The molecule has 108 valence electrons. The largest absolute Gasteiger partial charge is 0.497 e. The van der Waals surface area contributed by atoms with Crippen LogP contribution in [0.25, 0.3) is 16.7 Å². The average Bonchev–Trinajstić information content (AvgIpc) is 2.75. The molecule has 4 nitrogen and oxygen atoms in total. The van der Waals surface area contributed by atoms with E-state index in [1.54, 1.807) is 17.7 Å². The molecule has 1 aromatic heterocycles. The Balaban J connectivity index is 2.29. The van der Waals surface area contributed by atoms with Gasteiger partial charge in [0.2, 0.25) is 5.95 Å². The van der Waals surface area contributed by atoms with Crippen molar-refractivity contribution in [3.05, 3.63) is 45.3 Å². The maximum Gasteiger partial charge on any atom is 0.205 e. The van der Waals surface area contributed by atoms with Gasteiger partial charge >= 0.3 is 0 Å². The Morgan fingerprint density at radius 3 is 2.71 bits per heavy atom. The van der Waals surface area contributed by atoms with Crippen LogP contribution in [0.4, 0.5) is 10.3 Å². The number of aryl methyl sites for hydroxylation is 1. The standard InChI is InChI=1S/C15H13FIN3O/c1-8-5-9(21-2)3-4-13(8)20-14-6-10(16)11(17)7-12(14)19-15(20)18/h3-7H,1-2H3,(H2,18,19). The first-order valence-electron chi connectivity index (χ1n) is 6.29. The summed E-state index contributed by atoms with van der Waals surface area (Å²) in [6.07, 6.45) is 0. The van der Waals surface area contributed by atoms with Crippen molar-refractivity contribution >= 4 is 39.6 Å². The molecule has 0 aliphatic carbocycles. The molecule has 0 aliphatic rings. The topological polar surface area (TPSA) is 53.1 Å². The number of nitrogens with two attached hydrogens (primary N) is 1. The Morgan fingerprint density at radius 1 is 1.29 bits per heavy atom. The van der Waals surface area contributed by atoms with Gasteiger partial charge in [-0.15, -0.1) is 0 Å². The number of hydrogen-bond acceptors (Lipinski definition) is 3. The second-order valence-electron chi connectivity index (χ2n) is 4.71. The summed E-state index contributed by atoms with van der Waals surface area (Å²) in [5.74, 6) is 0.815. The van der Waals surface area contributed by atoms with Gasteiger partial charge in [-0.1, -0.05) is 0 Å². The number of rotatable bonds is 2. The van der Waals surface area contributed by atoms with Crippen molar-refractivity contribution in [3.63, 3.8) is 0 Å². The Bertz CT molecular complexity index is 845. The number of ether oxygens (including phenoxy) is 1. The van der Waals surface area contributed by atoms with Crippen molar-refractivity contribution in [2.24, 2.45) is 0 Å². The van der Waals surface area contributed by atoms with Crippen molar-refractivity contribution in [2.75, 3.05) is 12.8 Å². The fourth-order valence-electron chi connectivity index (χ4n) is 2.35. The summed E-state index contributed by atoms with van der Waals surface area (Å²) in [6.45, 7) is 1.95. The molecule has 0 bridgehead atoms. The number of nitrogen functional groups attached to an aromatic ring is 1. The first-order valence-corrected chi connectivity index (χ1v) is 7.37. The third-order valence-corrected chi connectivity index (χ3v) is 4.19. The minimum absolute atomic E-state index is 0.282. The Morgan fingerprint density at radius 2 is 2.05 bits per heavy atom. The summed E-state index contributed by atoms with van der Waals surface area (Å²) in [5, 5.41) is 0. The number of aromatic nitrogens is 2. The van der Waals surface area contributed by atoms with E-state index in [1.165, 1.54) is 6.07 Å². The van der Waals surface area contributed by atoms with E-state index < -0.39 is 0 Å². The molecule has 2 aromatic carbocycles. The second-order valence-corrected chi connectivity index (χ2v) is 5.88. The summed E-state index contributed by atoms with van der Waals surface area (Å²) in [7, 11) is 1.62. The van der Waals surface area contributed by atoms with Crippen LogP contribution in [0.15, 0.2) is 30.3 Å². The normalized spacial score (nSPS) is 11.0. The molecule has 0 unspecified atom stereocenters. The van der Waals surface area contributed by atoms with Crippen LogP contribution < -0.4 is 10.5 Å². The molecule has 0 aliphatic heterocycles. The van der Waals surface area contributed by atoms with Crippen LogP contribution in [0.2, 0.25) is 0 Å². The lowest BCUT2D eigenvalue weighted by Gasteiger charge is -2.11. The first kappa shape index (κ1) is 14.1. The molecular weight excluding hydrogens is 384 g/mol. The Labute approximate surface area is 134 Å². The molecule has 1 heterocycles. The third kappa shape index (κ3) is 2.33. The number of methoxy groups -OCH3 is 1. The number of halogens is 2. The molecule has 0 saturated heterocycles. The monoisotopic (exact) mass is 397 g/mol. The zero-order valence-electron chi connectivity index (χ0n) is 11.5. The van der Waals surface area contributed by atoms with Gasteiger partial charge in [0.15, 0.2) is 0 Å². The van der Waals surface area contributed by atoms with Crippen LogP contribution in [0.1, 0.15) is 5.56 Å². The number of anilines is 1. The SMILES string of the molecule is COc1ccc(-n2c(N)nc3cc(I)c(F)cc32)c(C)c1. The van der Waals surface area contributed by atoms with Gasteiger partial charge in [-0.3, -0.25) is 4.57 Å². The fraction of sp³-hybridized carbons (Fsp3) is 0.133. The molecule has 21 heavy (non-hydrogen) atoms. The second kappa shape index (κ2) is 5.18. The molecule has 0 radical (unpaired) electrons. The number of nitrogens with zero attached hydrogens (tertiary/aromatic N) is 2. The minimum Gasteiger partial charge on any atom is -0.497 e. The van der Waals surface area contributed by atoms with Crippen LogP contribution in [-0.4, -0.2) is 16.7 Å². The van der Waals surface area contributed by atoms with Crippen LogP contribution in [0.3, 0.4) is 0 Å². The third-order valence-electron chi connectivity index (χ3n) is 3.37. The molecule has 0 fully saturated rings. The average molecular weight is 397 g/mol. The molecule has 0 amide bonds. The zero-order valence-corrected chi connectivity index (χ0v) is 13.7. The maximum atomic E-state index is 13.9. The highest BCUT2D eigenvalue weighted by Gasteiger charge is 2.14. The Kier molecular flexibility index (Phi) is 3.48. The van der Waals surface area contributed by atoms with Crippen LogP contribution in [0, 0.1) is 16.3 Å². The van der Waals surface area contributed by atoms with Crippen LogP contribution in [0.5, 0.6) is 5.75 Å². The number of fused-ring (bicyclic) bond motifs is 1. The van der Waals surface area contributed by atoms with Crippen molar-refractivity contribution < 1.29 is 9.13 Å². The first-order chi connectivity index (χ1) is 10.0. The molecule has 3 aromatic rings. The van der Waals surface area contributed by atoms with Crippen LogP contribution >= 0.6 is 22.6 Å². The lowest BCUT2D eigenvalue weighted by atomic mass is 10.2. The van der Waals surface area contributed by atoms with Gasteiger partial charge in [-0.25, -0.2) is 9.37 Å². The van der Waals surface area contributed by atoms with E-state index in [0.717, 1.165) is 17.0 Å². The Hall–Kier alpha value is -1.83. The van der Waals surface area contributed by atoms with Gasteiger partial charge in [-0.2, -0.15) is 0 Å². The highest BCUT2D eigenvalue weighted by atomic mass is 127. The van der Waals surface area contributed by atoms with E-state index >= 15 is 0 Å². The van der Waals surface area contributed by atoms with E-state index in [2.05, 4.69) is 4.98 Å². The van der Waals surface area contributed by atoms with Crippen molar-refractivity contribution in [2.45, 2.75) is 6.92 Å². The molecule has 0 spiro atoms. The summed E-state index contributed by atoms with van der Waals surface area (Å²) in [5.41, 5.74) is 9.18. The molecule has 0 atom stereocenters. The predicted molar refractivity (Wildman–Crippen MR) is 89.4 cm³/mol. The lowest BCUT2D eigenvalue weighted by Crippen LogP contribution is -2.03. The molecule has 0 saturated carbocycles. The number of hydrogen-bond donors (Lipinski definition) is 1. The van der Waals surface area contributed by atoms with E-state index in [4.69, 9.17) is 10.5 Å². The smallest absolute Gasteiger partial charge is 0.205 e. The molecule has 6 heteroatoms. The van der Waals surface area contributed by atoms with E-state index in [-0.39, 0.29) is 5.82 Å². The lowest BCUT2D eigenvalue weighted by molar-refractivity contribution is 0.414. The van der Waals surface area contributed by atoms with Crippen LogP contribution in [-0.2, 0) is 0 Å².